The largest absolute Gasteiger partial charge is 0.411 e. The first-order valence-electron chi connectivity index (χ1n) is 6.67. The molecule has 1 aliphatic heterocycles. The van der Waals surface area contributed by atoms with E-state index in [1.54, 1.807) is 23.9 Å². The van der Waals surface area contributed by atoms with Gasteiger partial charge in [-0.2, -0.15) is 13.2 Å². The monoisotopic (exact) mass is 353 g/mol. The minimum atomic E-state index is -4.45. The molecule has 1 heterocycles. The third-order valence-electron chi connectivity index (χ3n) is 3.19. The molecule has 1 aliphatic rings. The number of hydrogen-bond donors (Lipinski definition) is 1. The van der Waals surface area contributed by atoms with E-state index in [1.807, 2.05) is 6.07 Å². The Bertz CT molecular complexity index is 553. The summed E-state index contributed by atoms with van der Waals surface area (Å²) < 4.78 is 40.9. The molecule has 0 aromatic heterocycles. The standard InChI is InChI=1S/C14H15ClF3NO2S/c1-8(21-7-14(16,17)18)13(20)19-11-4-5-22-12-3-2-9(15)6-10(11)12/h2-3,6,8,11H,4-5,7H2,1H3,(H,19,20)/t8-,11+/m0/s1. The van der Waals surface area contributed by atoms with Crippen molar-refractivity contribution in [3.8, 4) is 0 Å². The van der Waals surface area contributed by atoms with Crippen LogP contribution in [0.1, 0.15) is 24.9 Å². The van der Waals surface area contributed by atoms with Crippen LogP contribution < -0.4 is 5.32 Å². The van der Waals surface area contributed by atoms with Crippen LogP contribution >= 0.6 is 23.4 Å². The van der Waals surface area contributed by atoms with Gasteiger partial charge in [0.2, 0.25) is 5.91 Å². The first-order chi connectivity index (χ1) is 10.3. The van der Waals surface area contributed by atoms with E-state index in [4.69, 9.17) is 11.6 Å². The van der Waals surface area contributed by atoms with E-state index in [9.17, 15) is 18.0 Å². The Morgan fingerprint density at radius 3 is 2.95 bits per heavy atom. The summed E-state index contributed by atoms with van der Waals surface area (Å²) in [5, 5.41) is 3.29. The molecule has 0 radical (unpaired) electrons. The number of fused-ring (bicyclic) bond motifs is 1. The summed E-state index contributed by atoms with van der Waals surface area (Å²) in [6.07, 6.45) is -4.93. The highest BCUT2D eigenvalue weighted by molar-refractivity contribution is 7.99. The molecule has 0 fully saturated rings. The zero-order chi connectivity index (χ0) is 16.3. The van der Waals surface area contributed by atoms with Crippen molar-refractivity contribution >= 4 is 29.3 Å². The maximum absolute atomic E-state index is 12.1. The van der Waals surface area contributed by atoms with Gasteiger partial charge in [-0.3, -0.25) is 4.79 Å². The van der Waals surface area contributed by atoms with Gasteiger partial charge in [0.05, 0.1) is 6.04 Å². The van der Waals surface area contributed by atoms with E-state index >= 15 is 0 Å². The summed E-state index contributed by atoms with van der Waals surface area (Å²) in [7, 11) is 0. The highest BCUT2D eigenvalue weighted by atomic mass is 35.5. The molecule has 8 heteroatoms. The number of carbonyl (C=O) groups excluding carboxylic acids is 1. The molecular weight excluding hydrogens is 339 g/mol. The zero-order valence-electron chi connectivity index (χ0n) is 11.7. The molecule has 1 amide bonds. The Morgan fingerprint density at radius 1 is 1.55 bits per heavy atom. The van der Waals surface area contributed by atoms with Crippen molar-refractivity contribution in [3.63, 3.8) is 0 Å². The average molecular weight is 354 g/mol. The summed E-state index contributed by atoms with van der Waals surface area (Å²) >= 11 is 7.63. The van der Waals surface area contributed by atoms with Crippen LogP contribution in [-0.2, 0) is 9.53 Å². The topological polar surface area (TPSA) is 38.3 Å². The van der Waals surface area contributed by atoms with Gasteiger partial charge in [0.1, 0.15) is 12.7 Å². The van der Waals surface area contributed by atoms with Crippen molar-refractivity contribution in [2.45, 2.75) is 36.6 Å². The molecular formula is C14H15ClF3NO2S. The number of halogens is 4. The van der Waals surface area contributed by atoms with Crippen molar-refractivity contribution in [1.29, 1.82) is 0 Å². The Morgan fingerprint density at radius 2 is 2.27 bits per heavy atom. The van der Waals surface area contributed by atoms with Gasteiger partial charge in [-0.15, -0.1) is 11.8 Å². The van der Waals surface area contributed by atoms with Gasteiger partial charge in [-0.05, 0) is 37.1 Å². The van der Waals surface area contributed by atoms with E-state index in [0.29, 0.717) is 11.4 Å². The molecule has 2 atom stereocenters. The van der Waals surface area contributed by atoms with Crippen LogP contribution in [0.4, 0.5) is 13.2 Å². The Kier molecular flexibility index (Phi) is 5.63. The van der Waals surface area contributed by atoms with Crippen LogP contribution in [0.3, 0.4) is 0 Å². The Hall–Kier alpha value is -0.920. The molecule has 0 spiro atoms. The lowest BCUT2D eigenvalue weighted by Crippen LogP contribution is -2.39. The fraction of sp³-hybridized carbons (Fsp3) is 0.500. The number of amides is 1. The second-order valence-electron chi connectivity index (χ2n) is 4.95. The fourth-order valence-corrected chi connectivity index (χ4v) is 3.39. The maximum Gasteiger partial charge on any atom is 0.411 e. The SMILES string of the molecule is C[C@H](OCC(F)(F)F)C(=O)N[C@@H]1CCSc2ccc(Cl)cc21. The fourth-order valence-electron chi connectivity index (χ4n) is 2.10. The van der Waals surface area contributed by atoms with E-state index in [0.717, 1.165) is 16.2 Å². The number of thioether (sulfide) groups is 1. The molecule has 0 aliphatic carbocycles. The molecule has 2 rings (SSSR count). The Balaban J connectivity index is 1.99. The first-order valence-corrected chi connectivity index (χ1v) is 8.03. The number of alkyl halides is 3. The predicted molar refractivity (Wildman–Crippen MR) is 79.1 cm³/mol. The zero-order valence-corrected chi connectivity index (χ0v) is 13.3. The number of rotatable bonds is 4. The maximum atomic E-state index is 12.1. The quantitative estimate of drug-likeness (QED) is 0.890. The molecule has 1 aromatic rings. The Labute approximate surface area is 135 Å². The minimum Gasteiger partial charge on any atom is -0.359 e. The van der Waals surface area contributed by atoms with Crippen molar-refractivity contribution in [2.24, 2.45) is 0 Å². The van der Waals surface area contributed by atoms with E-state index in [2.05, 4.69) is 10.1 Å². The third-order valence-corrected chi connectivity index (χ3v) is 4.55. The van der Waals surface area contributed by atoms with Crippen molar-refractivity contribution in [1.82, 2.24) is 5.32 Å². The second kappa shape index (κ2) is 7.10. The van der Waals surface area contributed by atoms with Crippen molar-refractivity contribution in [3.05, 3.63) is 28.8 Å². The lowest BCUT2D eigenvalue weighted by atomic mass is 10.0. The van der Waals surface area contributed by atoms with Gasteiger partial charge in [0.25, 0.3) is 0 Å². The summed E-state index contributed by atoms with van der Waals surface area (Å²) in [6.45, 7) is -0.137. The number of carbonyl (C=O) groups is 1. The van der Waals surface area contributed by atoms with Crippen molar-refractivity contribution in [2.75, 3.05) is 12.4 Å². The first kappa shape index (κ1) is 17.4. The number of benzene rings is 1. The summed E-state index contributed by atoms with van der Waals surface area (Å²) in [5.74, 6) is 0.254. The highest BCUT2D eigenvalue weighted by Crippen LogP contribution is 2.37. The van der Waals surface area contributed by atoms with Gasteiger partial charge in [0.15, 0.2) is 0 Å². The molecule has 3 nitrogen and oxygen atoms in total. The van der Waals surface area contributed by atoms with Gasteiger partial charge >= 0.3 is 6.18 Å². The van der Waals surface area contributed by atoms with Crippen LogP contribution in [-0.4, -0.2) is 30.5 Å². The van der Waals surface area contributed by atoms with Crippen molar-refractivity contribution < 1.29 is 22.7 Å². The van der Waals surface area contributed by atoms with Crippen LogP contribution in [0, 0.1) is 0 Å². The lowest BCUT2D eigenvalue weighted by Gasteiger charge is -2.27. The molecule has 0 saturated heterocycles. The molecule has 0 saturated carbocycles. The molecule has 122 valence electrons. The summed E-state index contributed by atoms with van der Waals surface area (Å²) in [6, 6.07) is 5.16. The number of nitrogens with one attached hydrogen (secondary N) is 1. The summed E-state index contributed by atoms with van der Waals surface area (Å²) in [4.78, 5) is 13.0. The molecule has 1 N–H and O–H groups in total. The van der Waals surface area contributed by atoms with Crippen LogP contribution in [0.25, 0.3) is 0 Å². The number of ether oxygens (including phenoxy) is 1. The van der Waals surface area contributed by atoms with Crippen LogP contribution in [0.5, 0.6) is 0 Å². The van der Waals surface area contributed by atoms with Gasteiger partial charge in [-0.1, -0.05) is 11.6 Å². The molecule has 0 bridgehead atoms. The van der Waals surface area contributed by atoms with Crippen LogP contribution in [0.2, 0.25) is 5.02 Å². The highest BCUT2D eigenvalue weighted by Gasteiger charge is 2.31. The average Bonchev–Trinajstić information content (AvgIpc) is 2.44. The lowest BCUT2D eigenvalue weighted by molar-refractivity contribution is -0.185. The van der Waals surface area contributed by atoms with Gasteiger partial charge < -0.3 is 10.1 Å². The second-order valence-corrected chi connectivity index (χ2v) is 6.52. The predicted octanol–water partition coefficient (Wildman–Crippen LogP) is 3.96. The molecule has 0 unspecified atom stereocenters. The normalized spacial score (nSPS) is 19.4. The van der Waals surface area contributed by atoms with Gasteiger partial charge in [-0.25, -0.2) is 0 Å². The van der Waals surface area contributed by atoms with Crippen LogP contribution in [0.15, 0.2) is 23.1 Å². The minimum absolute atomic E-state index is 0.264. The number of hydrogen-bond acceptors (Lipinski definition) is 3. The van der Waals surface area contributed by atoms with E-state index in [-0.39, 0.29) is 6.04 Å². The van der Waals surface area contributed by atoms with Gasteiger partial charge in [0, 0.05) is 15.7 Å². The third kappa shape index (κ3) is 4.79. The smallest absolute Gasteiger partial charge is 0.359 e. The molecule has 22 heavy (non-hydrogen) atoms. The van der Waals surface area contributed by atoms with E-state index < -0.39 is 24.8 Å². The molecule has 1 aromatic carbocycles. The van der Waals surface area contributed by atoms with E-state index in [1.165, 1.54) is 6.92 Å². The summed E-state index contributed by atoms with van der Waals surface area (Å²) in [5.41, 5.74) is 0.889.